The van der Waals surface area contributed by atoms with Gasteiger partial charge < -0.3 is 20.3 Å². The van der Waals surface area contributed by atoms with Crippen LogP contribution in [0.25, 0.3) is 0 Å². The van der Waals surface area contributed by atoms with Crippen LogP contribution in [0, 0.1) is 0 Å². The first kappa shape index (κ1) is 62.6. The van der Waals surface area contributed by atoms with E-state index in [9.17, 15) is 19.8 Å². The van der Waals surface area contributed by atoms with Crippen LogP contribution in [0.4, 0.5) is 0 Å². The van der Waals surface area contributed by atoms with Gasteiger partial charge in [0.1, 0.15) is 6.10 Å². The first-order valence-electron chi connectivity index (χ1n) is 28.9. The standard InChI is InChI=1S/C58H113NO5/c1-4-7-10-13-16-19-22-25-27-29-30-32-34-37-40-43-46-49-54(64-58(63)51-48-45-42-39-36-33-31-28-26-23-20-17-14-11-8-5-2)52-57(62)59-55(53-60)56(61)50-47-44-41-38-35-24-21-18-15-12-9-6-3/h25,27,54-56,60-61H,4-24,26,28-53H2,1-3H3,(H,59,62)/b27-25+. The molecule has 6 heteroatoms. The molecule has 0 aromatic carbocycles. The van der Waals surface area contributed by atoms with E-state index in [2.05, 4.69) is 38.2 Å². The molecule has 0 fully saturated rings. The van der Waals surface area contributed by atoms with Crippen molar-refractivity contribution in [1.82, 2.24) is 5.32 Å². The second-order valence-corrected chi connectivity index (χ2v) is 20.1. The zero-order valence-electron chi connectivity index (χ0n) is 43.4. The number of ether oxygens (including phenoxy) is 1. The highest BCUT2D eigenvalue weighted by molar-refractivity contribution is 5.77. The number of nitrogens with one attached hydrogen (secondary N) is 1. The third-order valence-corrected chi connectivity index (χ3v) is 13.6. The molecule has 0 aliphatic carbocycles. The van der Waals surface area contributed by atoms with Gasteiger partial charge in [-0.1, -0.05) is 270 Å². The van der Waals surface area contributed by atoms with Gasteiger partial charge in [-0.05, 0) is 51.4 Å². The molecule has 6 nitrogen and oxygen atoms in total. The number of unbranched alkanes of at least 4 members (excludes halogenated alkanes) is 39. The zero-order chi connectivity index (χ0) is 46.7. The minimum absolute atomic E-state index is 0.0822. The predicted octanol–water partition coefficient (Wildman–Crippen LogP) is 17.7. The van der Waals surface area contributed by atoms with E-state index in [0.717, 1.165) is 51.4 Å². The van der Waals surface area contributed by atoms with Crippen molar-refractivity contribution in [1.29, 1.82) is 0 Å². The number of carbonyl (C=O) groups is 2. The molecule has 0 aliphatic heterocycles. The summed E-state index contributed by atoms with van der Waals surface area (Å²) in [6, 6.07) is -0.697. The highest BCUT2D eigenvalue weighted by atomic mass is 16.5. The van der Waals surface area contributed by atoms with E-state index in [0.29, 0.717) is 19.3 Å². The van der Waals surface area contributed by atoms with E-state index in [4.69, 9.17) is 4.74 Å². The minimum atomic E-state index is -0.783. The molecule has 0 spiro atoms. The lowest BCUT2D eigenvalue weighted by molar-refractivity contribution is -0.151. The Hall–Kier alpha value is -1.40. The fourth-order valence-corrected chi connectivity index (χ4v) is 9.19. The molecule has 0 saturated carbocycles. The van der Waals surface area contributed by atoms with Crippen molar-refractivity contribution < 1.29 is 24.5 Å². The molecule has 0 aromatic heterocycles. The van der Waals surface area contributed by atoms with Crippen molar-refractivity contribution in [3.63, 3.8) is 0 Å². The molecule has 0 heterocycles. The number of aliphatic hydroxyl groups excluding tert-OH is 2. The highest BCUT2D eigenvalue weighted by Crippen LogP contribution is 2.19. The smallest absolute Gasteiger partial charge is 0.306 e. The quantitative estimate of drug-likeness (QED) is 0.0321. The number of allylic oxidation sites excluding steroid dienone is 2. The summed E-state index contributed by atoms with van der Waals surface area (Å²) in [5.74, 6) is -0.455. The molecular formula is C58H113NO5. The largest absolute Gasteiger partial charge is 0.462 e. The maximum Gasteiger partial charge on any atom is 0.306 e. The van der Waals surface area contributed by atoms with Crippen LogP contribution in [0.2, 0.25) is 0 Å². The number of rotatable bonds is 53. The predicted molar refractivity (Wildman–Crippen MR) is 278 cm³/mol. The van der Waals surface area contributed by atoms with Crippen LogP contribution >= 0.6 is 0 Å². The second-order valence-electron chi connectivity index (χ2n) is 20.1. The van der Waals surface area contributed by atoms with Gasteiger partial charge in [0.05, 0.1) is 25.2 Å². The molecule has 0 aromatic rings. The average Bonchev–Trinajstić information content (AvgIpc) is 3.29. The molecule has 0 saturated heterocycles. The molecule has 380 valence electrons. The Labute approximate surface area is 399 Å². The van der Waals surface area contributed by atoms with Gasteiger partial charge in [0, 0.05) is 6.42 Å². The first-order chi connectivity index (χ1) is 31.5. The van der Waals surface area contributed by atoms with E-state index in [1.807, 2.05) is 0 Å². The Balaban J connectivity index is 4.52. The van der Waals surface area contributed by atoms with Gasteiger partial charge in [0.25, 0.3) is 0 Å². The summed E-state index contributed by atoms with van der Waals surface area (Å²) < 4.78 is 5.97. The highest BCUT2D eigenvalue weighted by Gasteiger charge is 2.24. The van der Waals surface area contributed by atoms with Crippen molar-refractivity contribution in [3.05, 3.63) is 12.2 Å². The van der Waals surface area contributed by atoms with Crippen molar-refractivity contribution in [2.45, 2.75) is 341 Å². The summed E-state index contributed by atoms with van der Waals surface area (Å²) in [6.45, 7) is 6.52. The molecule has 0 rings (SSSR count). The Morgan fingerprint density at radius 2 is 0.750 bits per heavy atom. The van der Waals surface area contributed by atoms with E-state index < -0.39 is 18.2 Å². The van der Waals surface area contributed by atoms with Crippen molar-refractivity contribution >= 4 is 11.9 Å². The van der Waals surface area contributed by atoms with Gasteiger partial charge in [-0.2, -0.15) is 0 Å². The topological polar surface area (TPSA) is 95.9 Å². The van der Waals surface area contributed by atoms with E-state index in [1.54, 1.807) is 0 Å². The molecular weight excluding hydrogens is 791 g/mol. The number of amides is 1. The molecule has 1 amide bonds. The summed E-state index contributed by atoms with van der Waals surface area (Å²) in [5, 5.41) is 23.8. The average molecular weight is 905 g/mol. The molecule has 0 radical (unpaired) electrons. The Morgan fingerprint density at radius 3 is 1.11 bits per heavy atom. The number of aliphatic hydroxyl groups is 2. The third kappa shape index (κ3) is 47.1. The van der Waals surface area contributed by atoms with Gasteiger partial charge >= 0.3 is 5.97 Å². The van der Waals surface area contributed by atoms with Gasteiger partial charge in [-0.25, -0.2) is 0 Å². The van der Waals surface area contributed by atoms with Crippen LogP contribution in [0.15, 0.2) is 12.2 Å². The number of esters is 1. The Bertz CT molecular complexity index is 970. The van der Waals surface area contributed by atoms with Crippen molar-refractivity contribution in [3.8, 4) is 0 Å². The van der Waals surface area contributed by atoms with E-state index in [-0.39, 0.29) is 24.9 Å². The van der Waals surface area contributed by atoms with Crippen LogP contribution < -0.4 is 5.32 Å². The summed E-state index contributed by atoms with van der Waals surface area (Å²) >= 11 is 0. The van der Waals surface area contributed by atoms with Crippen LogP contribution in [0.1, 0.15) is 323 Å². The first-order valence-corrected chi connectivity index (χ1v) is 28.9. The molecule has 0 aliphatic rings. The molecule has 64 heavy (non-hydrogen) atoms. The van der Waals surface area contributed by atoms with Gasteiger partial charge in [0.15, 0.2) is 0 Å². The zero-order valence-corrected chi connectivity index (χ0v) is 43.4. The lowest BCUT2D eigenvalue weighted by atomic mass is 10.0. The van der Waals surface area contributed by atoms with E-state index >= 15 is 0 Å². The summed E-state index contributed by atoms with van der Waals surface area (Å²) in [5.41, 5.74) is 0. The second kappa shape index (κ2) is 52.6. The fourth-order valence-electron chi connectivity index (χ4n) is 9.19. The van der Waals surface area contributed by atoms with Crippen LogP contribution in [-0.4, -0.2) is 46.9 Å². The minimum Gasteiger partial charge on any atom is -0.462 e. The van der Waals surface area contributed by atoms with Crippen LogP contribution in [-0.2, 0) is 14.3 Å². The lowest BCUT2D eigenvalue weighted by Gasteiger charge is -2.24. The monoisotopic (exact) mass is 904 g/mol. The molecule has 0 bridgehead atoms. The summed E-state index contributed by atoms with van der Waals surface area (Å²) in [7, 11) is 0. The van der Waals surface area contributed by atoms with E-state index in [1.165, 1.54) is 225 Å². The van der Waals surface area contributed by atoms with Crippen LogP contribution in [0.5, 0.6) is 0 Å². The fraction of sp³-hybridized carbons (Fsp3) is 0.931. The summed E-state index contributed by atoms with van der Waals surface area (Å²) in [4.78, 5) is 26.3. The molecule has 3 N–H and O–H groups in total. The SMILES string of the molecule is CCCCCCCC/C=C/CCCCCCCCCC(CC(=O)NC(CO)C(O)CCCCCCCCCCCCCC)OC(=O)CCCCCCCCCCCCCCCCCC. The Morgan fingerprint density at radius 1 is 0.438 bits per heavy atom. The number of carbonyl (C=O) groups excluding carboxylic acids is 2. The van der Waals surface area contributed by atoms with Gasteiger partial charge in [-0.15, -0.1) is 0 Å². The number of hydrogen-bond acceptors (Lipinski definition) is 5. The van der Waals surface area contributed by atoms with Crippen molar-refractivity contribution in [2.24, 2.45) is 0 Å². The summed E-state index contributed by atoms with van der Waals surface area (Å²) in [6.07, 6.45) is 59.9. The van der Waals surface area contributed by atoms with Gasteiger partial charge in [0.2, 0.25) is 5.91 Å². The number of hydrogen-bond donors (Lipinski definition) is 3. The van der Waals surface area contributed by atoms with Crippen LogP contribution in [0.3, 0.4) is 0 Å². The normalized spacial score (nSPS) is 13.1. The maximum absolute atomic E-state index is 13.3. The lowest BCUT2D eigenvalue weighted by Crippen LogP contribution is -2.46. The third-order valence-electron chi connectivity index (χ3n) is 13.6. The molecule has 3 unspecified atom stereocenters. The molecule has 3 atom stereocenters. The van der Waals surface area contributed by atoms with Gasteiger partial charge in [-0.3, -0.25) is 9.59 Å². The van der Waals surface area contributed by atoms with Crippen molar-refractivity contribution in [2.75, 3.05) is 6.61 Å². The Kier molecular flexibility index (Phi) is 51.4. The maximum atomic E-state index is 13.3.